The normalized spacial score (nSPS) is 33.9. The summed E-state index contributed by atoms with van der Waals surface area (Å²) in [5.41, 5.74) is 1.28. The zero-order valence-corrected chi connectivity index (χ0v) is 28.6. The average molecular weight is 665 g/mol. The van der Waals surface area contributed by atoms with Gasteiger partial charge in [0.15, 0.2) is 0 Å². The molecule has 2 heterocycles. The second-order valence-corrected chi connectivity index (χ2v) is 15.3. The monoisotopic (exact) mass is 664 g/mol. The first-order valence-electron chi connectivity index (χ1n) is 17.3. The minimum absolute atomic E-state index is 0.0969. The first-order chi connectivity index (χ1) is 23.3. The van der Waals surface area contributed by atoms with Crippen molar-refractivity contribution in [1.82, 2.24) is 19.9 Å². The number of Topliss-reactive ketones (excluding diaryl/α,β-unsaturated/α-hetero) is 1. The van der Waals surface area contributed by atoms with Crippen molar-refractivity contribution >= 4 is 23.6 Å². The predicted molar refractivity (Wildman–Crippen MR) is 181 cm³/mol. The number of aliphatic hydroxyl groups excluding tert-OH is 1. The molecule has 3 fully saturated rings. The maximum absolute atomic E-state index is 13.7. The van der Waals surface area contributed by atoms with Crippen LogP contribution in [0.25, 0.3) is 11.3 Å². The summed E-state index contributed by atoms with van der Waals surface area (Å²) in [6.45, 7) is 12.4. The maximum Gasteiger partial charge on any atom is 0.328 e. The molecule has 4 aliphatic rings. The number of ether oxygens (including phenoxy) is 1. The molecule has 49 heavy (non-hydrogen) atoms. The number of carbonyl (C=O) groups is 4. The zero-order chi connectivity index (χ0) is 34.9. The van der Waals surface area contributed by atoms with Crippen LogP contribution in [0.2, 0.25) is 0 Å². The summed E-state index contributed by atoms with van der Waals surface area (Å²) in [7, 11) is 0. The number of aliphatic hydroxyl groups is 1. The van der Waals surface area contributed by atoms with Gasteiger partial charge in [0, 0.05) is 28.7 Å². The number of fused-ring (bicyclic) bond motifs is 1. The van der Waals surface area contributed by atoms with Gasteiger partial charge in [0.25, 0.3) is 11.8 Å². The molecule has 10 nitrogen and oxygen atoms in total. The van der Waals surface area contributed by atoms with E-state index in [1.165, 1.54) is 9.58 Å². The van der Waals surface area contributed by atoms with Crippen molar-refractivity contribution in [1.29, 1.82) is 0 Å². The predicted octanol–water partition coefficient (Wildman–Crippen LogP) is 5.65. The van der Waals surface area contributed by atoms with Gasteiger partial charge >= 0.3 is 5.97 Å². The third-order valence-electron chi connectivity index (χ3n) is 12.9. The lowest BCUT2D eigenvalue weighted by atomic mass is 9.44. The highest BCUT2D eigenvalue weighted by Crippen LogP contribution is 2.68. The number of amides is 2. The maximum atomic E-state index is 13.7. The van der Waals surface area contributed by atoms with Crippen molar-refractivity contribution < 1.29 is 29.0 Å². The lowest BCUT2D eigenvalue weighted by molar-refractivity contribution is -0.207. The van der Waals surface area contributed by atoms with Crippen molar-refractivity contribution in [3.05, 3.63) is 84.1 Å². The van der Waals surface area contributed by atoms with Gasteiger partial charge in [-0.05, 0) is 60.6 Å². The van der Waals surface area contributed by atoms with Crippen molar-refractivity contribution in [3.8, 4) is 11.3 Å². The lowest BCUT2D eigenvalue weighted by Crippen LogP contribution is -2.63. The van der Waals surface area contributed by atoms with E-state index in [4.69, 9.17) is 4.74 Å². The number of benzene rings is 2. The number of rotatable bonds is 7. The first kappa shape index (κ1) is 33.1. The van der Waals surface area contributed by atoms with Crippen LogP contribution < -0.4 is 0 Å². The summed E-state index contributed by atoms with van der Waals surface area (Å²) in [6, 6.07) is 14.2. The van der Waals surface area contributed by atoms with Gasteiger partial charge in [0.2, 0.25) is 0 Å². The molecule has 3 aliphatic carbocycles. The Hall–Kier alpha value is -4.44. The third kappa shape index (κ3) is 5.09. The Labute approximate surface area is 286 Å². The summed E-state index contributed by atoms with van der Waals surface area (Å²) in [5, 5.41) is 20.2. The van der Waals surface area contributed by atoms with Gasteiger partial charge in [-0.1, -0.05) is 75.4 Å². The van der Waals surface area contributed by atoms with E-state index in [-0.39, 0.29) is 53.9 Å². The molecule has 256 valence electrons. The molecular weight excluding hydrogens is 620 g/mol. The number of ketones is 1. The van der Waals surface area contributed by atoms with Gasteiger partial charge in [-0.15, -0.1) is 11.7 Å². The summed E-state index contributed by atoms with van der Waals surface area (Å²) < 4.78 is 7.80. The summed E-state index contributed by atoms with van der Waals surface area (Å²) in [4.78, 5) is 54.1. The minimum Gasteiger partial charge on any atom is -0.460 e. The van der Waals surface area contributed by atoms with E-state index in [9.17, 15) is 24.3 Å². The van der Waals surface area contributed by atoms with Gasteiger partial charge in [0.1, 0.15) is 24.1 Å². The Morgan fingerprint density at radius 2 is 1.71 bits per heavy atom. The van der Waals surface area contributed by atoms with E-state index in [1.54, 1.807) is 36.5 Å². The lowest BCUT2D eigenvalue weighted by Gasteiger charge is -2.61. The molecule has 7 rings (SSSR count). The fourth-order valence-electron chi connectivity index (χ4n) is 9.68. The molecule has 8 atom stereocenters. The van der Waals surface area contributed by atoms with Crippen LogP contribution in [0.15, 0.2) is 67.4 Å². The molecule has 3 aromatic rings. The number of carbonyl (C=O) groups excluding carboxylic acids is 4. The van der Waals surface area contributed by atoms with Crippen LogP contribution in [0.3, 0.4) is 0 Å². The topological polar surface area (TPSA) is 132 Å². The van der Waals surface area contributed by atoms with Gasteiger partial charge in [0.05, 0.1) is 30.0 Å². The highest BCUT2D eigenvalue weighted by molar-refractivity contribution is 6.21. The zero-order valence-electron chi connectivity index (χ0n) is 28.6. The number of hydrogen-bond acceptors (Lipinski definition) is 8. The molecule has 2 aromatic carbocycles. The molecule has 1 aliphatic heterocycles. The van der Waals surface area contributed by atoms with Gasteiger partial charge in [-0.3, -0.25) is 24.1 Å². The first-order valence-corrected chi connectivity index (χ1v) is 17.3. The number of esters is 1. The number of imide groups is 1. The average Bonchev–Trinajstić information content (AvgIpc) is 3.77. The highest BCUT2D eigenvalue weighted by Gasteiger charge is 2.68. The standard InChI is InChI=1S/C39H44N4O6/c1-6-37(4)19-31(38(5)23(2)15-17-39(24(3)34(37)46)18-16-30(44)33(38)39)49-32(45)22-42-21-29(40-41-42)26-13-11-25(12-14-26)20-43-35(47)27-9-7-8-10-28(27)36(43)48/h6-14,21,23-24,31,33-34,46H,1,15-20,22H2,2-5H3/t23-,24+,31-,33+,34+,37-,38+,39+/m1/s1. The molecule has 0 unspecified atom stereocenters. The quantitative estimate of drug-likeness (QED) is 0.195. The summed E-state index contributed by atoms with van der Waals surface area (Å²) in [5.74, 6) is -1.13. The van der Waals surface area contributed by atoms with Gasteiger partial charge in [-0.2, -0.15) is 0 Å². The second-order valence-electron chi connectivity index (χ2n) is 15.3. The Balaban J connectivity index is 1.07. The molecule has 2 amide bonds. The molecule has 1 N–H and O–H groups in total. The molecular formula is C39H44N4O6. The largest absolute Gasteiger partial charge is 0.460 e. The van der Waals surface area contributed by atoms with E-state index in [0.717, 1.165) is 30.4 Å². The minimum atomic E-state index is -0.727. The fourth-order valence-corrected chi connectivity index (χ4v) is 9.68. The van der Waals surface area contributed by atoms with Crippen LogP contribution in [-0.2, 0) is 27.4 Å². The summed E-state index contributed by atoms with van der Waals surface area (Å²) in [6.07, 6.45) is 5.51. The summed E-state index contributed by atoms with van der Waals surface area (Å²) >= 11 is 0. The van der Waals surface area contributed by atoms with Crippen LogP contribution >= 0.6 is 0 Å². The van der Waals surface area contributed by atoms with E-state index in [2.05, 4.69) is 37.7 Å². The smallest absolute Gasteiger partial charge is 0.328 e. The van der Waals surface area contributed by atoms with Crippen LogP contribution in [0, 0.1) is 34.0 Å². The van der Waals surface area contributed by atoms with Crippen LogP contribution in [0.1, 0.15) is 86.1 Å². The van der Waals surface area contributed by atoms with Crippen LogP contribution in [0.5, 0.6) is 0 Å². The second kappa shape index (κ2) is 11.9. The Morgan fingerprint density at radius 3 is 2.37 bits per heavy atom. The fraction of sp³-hybridized carbons (Fsp3) is 0.487. The third-order valence-corrected chi connectivity index (χ3v) is 12.9. The SMILES string of the molecule is C=C[C@]1(C)C[C@@H](OC(=O)Cn2cc(-c3ccc(CN4C(=O)c5ccccc5C4=O)cc3)nn2)[C@]2(C)[C@H](C)CC[C@]3(CCC(=O)[C@H]32)[C@@H](C)[C@@H]1O. The van der Waals surface area contributed by atoms with Crippen LogP contribution in [0.4, 0.5) is 0 Å². The van der Waals surface area contributed by atoms with E-state index in [1.807, 2.05) is 31.2 Å². The number of hydrogen-bond donors (Lipinski definition) is 1. The van der Waals surface area contributed by atoms with Crippen molar-refractivity contribution in [2.45, 2.75) is 85.1 Å². The number of aromatic nitrogens is 3. The van der Waals surface area contributed by atoms with E-state index in [0.29, 0.717) is 29.7 Å². The van der Waals surface area contributed by atoms with Gasteiger partial charge in [-0.25, -0.2) is 4.68 Å². The van der Waals surface area contributed by atoms with Crippen molar-refractivity contribution in [2.75, 3.05) is 0 Å². The van der Waals surface area contributed by atoms with Crippen molar-refractivity contribution in [3.63, 3.8) is 0 Å². The van der Waals surface area contributed by atoms with Gasteiger partial charge < -0.3 is 9.84 Å². The molecule has 0 saturated heterocycles. The highest BCUT2D eigenvalue weighted by atomic mass is 16.5. The molecule has 2 bridgehead atoms. The van der Waals surface area contributed by atoms with Crippen molar-refractivity contribution in [2.24, 2.45) is 34.0 Å². The van der Waals surface area contributed by atoms with E-state index < -0.39 is 29.0 Å². The Bertz CT molecular complexity index is 1820. The molecule has 10 heteroatoms. The molecule has 0 radical (unpaired) electrons. The van der Waals surface area contributed by atoms with E-state index >= 15 is 0 Å². The van der Waals surface area contributed by atoms with Crippen LogP contribution in [-0.4, -0.2) is 60.8 Å². The number of nitrogens with zero attached hydrogens (tertiary/aromatic N) is 4. The molecule has 0 spiro atoms. The Kier molecular flexibility index (Phi) is 8.01. The molecule has 1 aromatic heterocycles. The molecule has 3 saturated carbocycles. The Morgan fingerprint density at radius 1 is 1.04 bits per heavy atom.